The summed E-state index contributed by atoms with van der Waals surface area (Å²) >= 11 is 1.76. The van der Waals surface area contributed by atoms with Crippen molar-refractivity contribution in [2.45, 2.75) is 73.7 Å². The van der Waals surface area contributed by atoms with E-state index >= 15 is 0 Å². The Bertz CT molecular complexity index is 1910. The van der Waals surface area contributed by atoms with Crippen molar-refractivity contribution in [3.05, 3.63) is 121 Å². The predicted octanol–water partition coefficient (Wildman–Crippen LogP) is 10.1. The van der Waals surface area contributed by atoms with Crippen LogP contribution in [0.3, 0.4) is 0 Å². The Morgan fingerprint density at radius 3 is 2.40 bits per heavy atom. The maximum Gasteiger partial charge on any atom is 0.231 e. The van der Waals surface area contributed by atoms with Crippen LogP contribution in [0.1, 0.15) is 63.4 Å². The Hall–Kier alpha value is -4.08. The Labute approximate surface area is 317 Å². The fourth-order valence-corrected chi connectivity index (χ4v) is 9.97. The van der Waals surface area contributed by atoms with Gasteiger partial charge in [-0.2, -0.15) is 0 Å². The number of hydrogen-bond donors (Lipinski definition) is 2. The van der Waals surface area contributed by atoms with Gasteiger partial charge in [-0.15, -0.1) is 18.3 Å². The lowest BCUT2D eigenvalue weighted by Crippen LogP contribution is -2.64. The maximum absolute atomic E-state index is 9.89. The first kappa shape index (κ1) is 37.2. The van der Waals surface area contributed by atoms with E-state index in [9.17, 15) is 10.2 Å². The molecule has 0 aromatic heterocycles. The molecule has 278 valence electrons. The molecule has 1 saturated carbocycles. The first-order valence-electron chi connectivity index (χ1n) is 19.2. The van der Waals surface area contributed by atoms with Crippen LogP contribution in [-0.2, 0) is 9.57 Å². The average Bonchev–Trinajstić information content (AvgIpc) is 3.19. The van der Waals surface area contributed by atoms with Gasteiger partial charge in [0.05, 0.1) is 23.5 Å². The molecule has 4 aromatic carbocycles. The molecule has 0 radical (unpaired) electrons. The first-order valence-corrected chi connectivity index (χ1v) is 20.0. The highest BCUT2D eigenvalue weighted by molar-refractivity contribution is 8.00. The van der Waals surface area contributed by atoms with E-state index in [1.54, 1.807) is 17.8 Å². The fourth-order valence-electron chi connectivity index (χ4n) is 8.66. The topological polar surface area (TPSA) is 89.7 Å². The van der Waals surface area contributed by atoms with E-state index < -0.39 is 5.79 Å². The van der Waals surface area contributed by atoms with Crippen molar-refractivity contribution in [2.24, 2.45) is 22.9 Å². The molecule has 0 bridgehead atoms. The van der Waals surface area contributed by atoms with Gasteiger partial charge >= 0.3 is 0 Å². The summed E-state index contributed by atoms with van der Waals surface area (Å²) in [5.74, 6) is 1.52. The van der Waals surface area contributed by atoms with Crippen LogP contribution >= 0.6 is 11.8 Å². The lowest BCUT2D eigenvalue weighted by atomic mass is 9.56. The number of allylic oxidation sites excluding steroid dienone is 1. The lowest BCUT2D eigenvalue weighted by Gasteiger charge is -2.58. The Balaban J connectivity index is 1.40. The van der Waals surface area contributed by atoms with Crippen molar-refractivity contribution in [2.75, 3.05) is 26.4 Å². The van der Waals surface area contributed by atoms with Crippen molar-refractivity contribution < 1.29 is 29.3 Å². The van der Waals surface area contributed by atoms with Gasteiger partial charge in [0.2, 0.25) is 5.79 Å². The van der Waals surface area contributed by atoms with Gasteiger partial charge in [-0.3, -0.25) is 0 Å². The average molecular weight is 734 g/mol. The molecule has 0 unspecified atom stereocenters. The second kappa shape index (κ2) is 17.4. The summed E-state index contributed by atoms with van der Waals surface area (Å²) < 4.78 is 20.9. The second-order valence-electron chi connectivity index (χ2n) is 14.2. The third kappa shape index (κ3) is 7.92. The zero-order valence-electron chi connectivity index (χ0n) is 30.6. The molecule has 3 aliphatic rings. The highest BCUT2D eigenvalue weighted by Gasteiger charge is 2.64. The van der Waals surface area contributed by atoms with Gasteiger partial charge in [0.1, 0.15) is 23.9 Å². The highest BCUT2D eigenvalue weighted by Crippen LogP contribution is 2.63. The van der Waals surface area contributed by atoms with E-state index in [2.05, 4.69) is 73.3 Å². The second-order valence-corrected chi connectivity index (χ2v) is 15.5. The fraction of sp³-hybridized carbons (Fsp3) is 0.400. The predicted molar refractivity (Wildman–Crippen MR) is 213 cm³/mol. The number of oxime groups is 1. The van der Waals surface area contributed by atoms with E-state index in [1.165, 1.54) is 5.39 Å². The third-order valence-corrected chi connectivity index (χ3v) is 12.2. The molecule has 1 aliphatic heterocycles. The molecule has 53 heavy (non-hydrogen) atoms. The minimum absolute atomic E-state index is 0.00691. The van der Waals surface area contributed by atoms with Gasteiger partial charge in [-0.05, 0) is 103 Å². The Morgan fingerprint density at radius 1 is 0.887 bits per heavy atom. The Kier molecular flexibility index (Phi) is 12.2. The number of unbranched alkanes of at least 4 members (excludes halogenated alkanes) is 2. The van der Waals surface area contributed by atoms with Gasteiger partial charge in [0, 0.05) is 36.0 Å². The quantitative estimate of drug-likeness (QED) is 0.0634. The number of aliphatic hydroxyl groups excluding tert-OH is 2. The summed E-state index contributed by atoms with van der Waals surface area (Å²) in [5, 5.41) is 26.6. The first-order chi connectivity index (χ1) is 26.1. The number of ether oxygens (including phenoxy) is 3. The molecule has 7 nitrogen and oxygen atoms in total. The van der Waals surface area contributed by atoms with E-state index in [0.29, 0.717) is 19.6 Å². The van der Waals surface area contributed by atoms with Gasteiger partial charge in [-0.25, -0.2) is 0 Å². The number of hydrogen-bond acceptors (Lipinski definition) is 8. The summed E-state index contributed by atoms with van der Waals surface area (Å²) in [6.45, 7) is 7.14. The molecule has 6 atom stereocenters. The number of aliphatic hydroxyl groups is 2. The number of nitrogens with zero attached hydrogens (tertiary/aromatic N) is 1. The summed E-state index contributed by atoms with van der Waals surface area (Å²) in [6, 6.07) is 31.2. The van der Waals surface area contributed by atoms with Crippen LogP contribution in [-0.4, -0.2) is 53.4 Å². The Morgan fingerprint density at radius 2 is 1.62 bits per heavy atom. The molecule has 8 heteroatoms. The zero-order chi connectivity index (χ0) is 36.6. The van der Waals surface area contributed by atoms with Crippen molar-refractivity contribution in [1.82, 2.24) is 0 Å². The van der Waals surface area contributed by atoms with Gasteiger partial charge in [0.15, 0.2) is 0 Å². The number of fused-ring (bicyclic) bond motifs is 3. The molecule has 1 fully saturated rings. The molecule has 0 amide bonds. The minimum atomic E-state index is -1.03. The van der Waals surface area contributed by atoms with Crippen LogP contribution in [0.2, 0.25) is 0 Å². The van der Waals surface area contributed by atoms with E-state index in [1.807, 2.05) is 37.3 Å². The monoisotopic (exact) mass is 733 g/mol. The molecule has 2 aliphatic carbocycles. The summed E-state index contributed by atoms with van der Waals surface area (Å²) in [6.07, 6.45) is 10.0. The van der Waals surface area contributed by atoms with Crippen molar-refractivity contribution in [3.8, 4) is 17.2 Å². The van der Waals surface area contributed by atoms with E-state index in [4.69, 9.17) is 24.2 Å². The smallest absolute Gasteiger partial charge is 0.231 e. The van der Waals surface area contributed by atoms with Crippen LogP contribution in [0.5, 0.6) is 17.2 Å². The van der Waals surface area contributed by atoms with Crippen LogP contribution in [0.4, 0.5) is 0 Å². The van der Waals surface area contributed by atoms with Crippen LogP contribution in [0.25, 0.3) is 10.8 Å². The third-order valence-electron chi connectivity index (χ3n) is 10.9. The van der Waals surface area contributed by atoms with Gasteiger partial charge < -0.3 is 29.3 Å². The number of rotatable bonds is 17. The zero-order valence-corrected chi connectivity index (χ0v) is 31.4. The highest BCUT2D eigenvalue weighted by atomic mass is 32.2. The van der Waals surface area contributed by atoms with Crippen molar-refractivity contribution in [1.29, 1.82) is 0 Å². The number of thioether (sulfide) groups is 1. The van der Waals surface area contributed by atoms with Crippen molar-refractivity contribution >= 4 is 28.2 Å². The maximum atomic E-state index is 9.89. The van der Waals surface area contributed by atoms with Gasteiger partial charge in [-0.1, -0.05) is 78.7 Å². The van der Waals surface area contributed by atoms with Gasteiger partial charge in [0.25, 0.3) is 0 Å². The van der Waals surface area contributed by atoms with Crippen LogP contribution in [0, 0.1) is 17.8 Å². The van der Waals surface area contributed by atoms with Crippen molar-refractivity contribution in [3.63, 3.8) is 0 Å². The summed E-state index contributed by atoms with van der Waals surface area (Å²) in [7, 11) is 0. The van der Waals surface area contributed by atoms with Crippen LogP contribution < -0.4 is 9.47 Å². The molecule has 2 N–H and O–H groups in total. The molecule has 4 aromatic rings. The molecule has 7 rings (SSSR count). The number of benzene rings is 4. The summed E-state index contributed by atoms with van der Waals surface area (Å²) in [5.41, 5.74) is 3.15. The van der Waals surface area contributed by atoms with E-state index in [0.717, 1.165) is 82.9 Å². The molecule has 0 saturated heterocycles. The SMILES string of the molecule is C=CCO[C@@]12Oc3ccc(Oc4ccc5ccccc5c4)cc3[C@H]3[C@H](CCCCO)[C@@H](CCCCO)C=C(C(=NOCC)C[C@@H]1Sc1ccccc1)[C@H]32. The summed E-state index contributed by atoms with van der Waals surface area (Å²) in [4.78, 5) is 6.97. The normalized spacial score (nSPS) is 25.2. The van der Waals surface area contributed by atoms with Crippen LogP contribution in [0.15, 0.2) is 125 Å². The largest absolute Gasteiger partial charge is 0.460 e. The molecule has 1 heterocycles. The molecular formula is C45H51NO6S. The molecule has 0 spiro atoms. The van der Waals surface area contributed by atoms with E-state index in [-0.39, 0.29) is 42.1 Å². The standard InChI is InChI=1S/C45H51NO6S/c1-3-26-49-45-42(53-36-17-6-5-7-18-36)30-40(46-50-4-2)38-28-33(16-10-12-24-47)37(19-11-13-25-48)43(44(38)45)39-29-35(22-23-41(39)52-45)51-34-21-20-31-14-8-9-15-32(31)27-34/h3,5-9,14-15,17-18,20-23,27-29,33,37,42-44,47-48H,1,4,10-13,16,19,24-26,30H2,2H3/t33-,37+,42-,43+,44+,45+/m0/s1. The lowest BCUT2D eigenvalue weighted by molar-refractivity contribution is -0.223. The molecular weight excluding hydrogens is 683 g/mol. The minimum Gasteiger partial charge on any atom is -0.460 e.